The number of fused-ring (bicyclic) bond motifs is 1. The number of carbonyl (C=O) groups is 1. The summed E-state index contributed by atoms with van der Waals surface area (Å²) < 4.78 is 48.0. The first-order valence-electron chi connectivity index (χ1n) is 11.1. The number of pyridine rings is 1. The molecule has 8 nitrogen and oxygen atoms in total. The minimum Gasteiger partial charge on any atom is -0.479 e. The highest BCUT2D eigenvalue weighted by atomic mass is 19.4. The molecule has 0 saturated carbocycles. The molecule has 0 unspecified atom stereocenters. The van der Waals surface area contributed by atoms with Gasteiger partial charge in [0.2, 0.25) is 11.8 Å². The summed E-state index contributed by atoms with van der Waals surface area (Å²) in [4.78, 5) is 21.5. The molecular weight excluding hydrogens is 439 g/mol. The van der Waals surface area contributed by atoms with Gasteiger partial charge in [0, 0.05) is 58.5 Å². The lowest BCUT2D eigenvalue weighted by Gasteiger charge is -2.34. The van der Waals surface area contributed by atoms with Crippen molar-refractivity contribution in [3.05, 3.63) is 16.8 Å². The molecule has 0 aliphatic carbocycles. The Balaban J connectivity index is 1.48. The molecular formula is C22H32F3N5O3. The van der Waals surface area contributed by atoms with Gasteiger partial charge in [0.25, 0.3) is 0 Å². The van der Waals surface area contributed by atoms with E-state index >= 15 is 0 Å². The lowest BCUT2D eigenvalue weighted by molar-refractivity contribution is -0.174. The van der Waals surface area contributed by atoms with Gasteiger partial charge in [-0.2, -0.15) is 13.2 Å². The Bertz CT molecular complexity index is 969. The first kappa shape index (κ1) is 25.2. The zero-order chi connectivity index (χ0) is 24.2. The minimum absolute atomic E-state index is 0.0808. The van der Waals surface area contributed by atoms with Crippen LogP contribution in [-0.2, 0) is 23.0 Å². The van der Waals surface area contributed by atoms with E-state index in [0.29, 0.717) is 57.9 Å². The van der Waals surface area contributed by atoms with Crippen LogP contribution in [0.1, 0.15) is 29.7 Å². The molecule has 184 valence electrons. The summed E-state index contributed by atoms with van der Waals surface area (Å²) in [5.41, 5.74) is 3.72. The van der Waals surface area contributed by atoms with Gasteiger partial charge < -0.3 is 14.4 Å². The topological polar surface area (TPSA) is 72.7 Å². The van der Waals surface area contributed by atoms with E-state index < -0.39 is 12.8 Å². The van der Waals surface area contributed by atoms with Crippen LogP contribution in [0.15, 0.2) is 0 Å². The van der Waals surface area contributed by atoms with Crippen molar-refractivity contribution in [3.63, 3.8) is 0 Å². The summed E-state index contributed by atoms with van der Waals surface area (Å²) in [6, 6.07) is 0. The second-order valence-electron chi connectivity index (χ2n) is 8.38. The number of ether oxygens (including phenoxy) is 2. The van der Waals surface area contributed by atoms with Crippen molar-refractivity contribution >= 4 is 16.9 Å². The number of hydrogen-bond acceptors (Lipinski definition) is 6. The van der Waals surface area contributed by atoms with E-state index in [9.17, 15) is 18.0 Å². The van der Waals surface area contributed by atoms with E-state index in [1.807, 2.05) is 25.8 Å². The van der Waals surface area contributed by atoms with Crippen LogP contribution in [0.3, 0.4) is 0 Å². The molecule has 0 bridgehead atoms. The molecule has 11 heteroatoms. The van der Waals surface area contributed by atoms with Crippen LogP contribution >= 0.6 is 0 Å². The van der Waals surface area contributed by atoms with Gasteiger partial charge in [-0.3, -0.25) is 9.69 Å². The molecule has 0 N–H and O–H groups in total. The summed E-state index contributed by atoms with van der Waals surface area (Å²) in [5, 5.41) is 5.24. The molecule has 1 fully saturated rings. The fourth-order valence-corrected chi connectivity index (χ4v) is 4.30. The number of alkyl halides is 3. The molecule has 3 heterocycles. The van der Waals surface area contributed by atoms with E-state index in [-0.39, 0.29) is 12.5 Å². The third-order valence-electron chi connectivity index (χ3n) is 6.06. The van der Waals surface area contributed by atoms with Gasteiger partial charge >= 0.3 is 6.18 Å². The first-order valence-corrected chi connectivity index (χ1v) is 11.1. The van der Waals surface area contributed by atoms with E-state index in [1.54, 1.807) is 11.8 Å². The Hall–Kier alpha value is -2.40. The van der Waals surface area contributed by atoms with E-state index in [1.165, 1.54) is 0 Å². The molecule has 2 aromatic rings. The molecule has 2 aromatic heterocycles. The van der Waals surface area contributed by atoms with Crippen LogP contribution in [0.4, 0.5) is 13.2 Å². The van der Waals surface area contributed by atoms with E-state index in [2.05, 4.69) is 19.7 Å². The molecule has 0 radical (unpaired) electrons. The van der Waals surface area contributed by atoms with Crippen molar-refractivity contribution in [1.82, 2.24) is 24.6 Å². The normalized spacial score (nSPS) is 15.4. The molecule has 1 aliphatic heterocycles. The van der Waals surface area contributed by atoms with Crippen molar-refractivity contribution in [1.29, 1.82) is 0 Å². The number of hydrogen-bond donors (Lipinski definition) is 0. The van der Waals surface area contributed by atoms with Gasteiger partial charge in [-0.15, -0.1) is 5.10 Å². The van der Waals surface area contributed by atoms with Crippen molar-refractivity contribution in [2.75, 3.05) is 53.0 Å². The Kier molecular flexibility index (Phi) is 8.17. The second kappa shape index (κ2) is 10.7. The average Bonchev–Trinajstić information content (AvgIpc) is 3.08. The number of nitrogens with zero attached hydrogens (tertiary/aromatic N) is 5. The van der Waals surface area contributed by atoms with E-state index in [0.717, 1.165) is 27.9 Å². The van der Waals surface area contributed by atoms with Gasteiger partial charge in [0.05, 0.1) is 12.5 Å². The molecule has 33 heavy (non-hydrogen) atoms. The zero-order valence-electron chi connectivity index (χ0n) is 19.7. The number of carbonyl (C=O) groups excluding carboxylic acids is 1. The molecule has 1 aliphatic rings. The fraction of sp³-hybridized carbons (Fsp3) is 0.682. The number of rotatable bonds is 9. The van der Waals surface area contributed by atoms with Gasteiger partial charge in [0.1, 0.15) is 6.61 Å². The Labute approximate surface area is 191 Å². The molecule has 0 aromatic carbocycles. The van der Waals surface area contributed by atoms with Crippen molar-refractivity contribution in [2.24, 2.45) is 7.05 Å². The monoisotopic (exact) mass is 471 g/mol. The third-order valence-corrected chi connectivity index (χ3v) is 6.06. The lowest BCUT2D eigenvalue weighted by atomic mass is 10.00. The highest BCUT2D eigenvalue weighted by Crippen LogP contribution is 2.30. The summed E-state index contributed by atoms with van der Waals surface area (Å²) in [6.45, 7) is 6.16. The fourth-order valence-electron chi connectivity index (χ4n) is 4.30. The summed E-state index contributed by atoms with van der Waals surface area (Å²) in [6.07, 6.45) is -2.76. The van der Waals surface area contributed by atoms with Crippen LogP contribution in [0.25, 0.3) is 11.0 Å². The summed E-state index contributed by atoms with van der Waals surface area (Å²) in [7, 11) is 3.41. The van der Waals surface area contributed by atoms with Crippen LogP contribution in [0.2, 0.25) is 0 Å². The van der Waals surface area contributed by atoms with Gasteiger partial charge in [-0.1, -0.05) is 0 Å². The average molecular weight is 472 g/mol. The number of methoxy groups -OCH3 is 1. The highest BCUT2D eigenvalue weighted by molar-refractivity contribution is 5.86. The molecule has 0 atom stereocenters. The van der Waals surface area contributed by atoms with Crippen LogP contribution in [-0.4, -0.2) is 89.7 Å². The molecule has 3 rings (SSSR count). The Morgan fingerprint density at radius 2 is 1.85 bits per heavy atom. The molecule has 1 saturated heterocycles. The van der Waals surface area contributed by atoms with Crippen LogP contribution in [0, 0.1) is 13.8 Å². The van der Waals surface area contributed by atoms with Crippen molar-refractivity contribution in [3.8, 4) is 5.88 Å². The number of amides is 1. The predicted octanol–water partition coefficient (Wildman–Crippen LogP) is 2.64. The SMILES string of the molecule is COc1nn(C)c2nc(C)c(CCC(=O)N3CCN(CCCOCC(F)(F)F)CC3)c(C)c12. The number of piperazine rings is 1. The van der Waals surface area contributed by atoms with Crippen LogP contribution in [0.5, 0.6) is 5.88 Å². The number of aromatic nitrogens is 3. The van der Waals surface area contributed by atoms with Crippen molar-refractivity contribution in [2.45, 2.75) is 39.3 Å². The zero-order valence-corrected chi connectivity index (χ0v) is 19.7. The predicted molar refractivity (Wildman–Crippen MR) is 117 cm³/mol. The Morgan fingerprint density at radius 3 is 2.48 bits per heavy atom. The maximum absolute atomic E-state index is 12.8. The van der Waals surface area contributed by atoms with Crippen LogP contribution < -0.4 is 4.74 Å². The van der Waals surface area contributed by atoms with Crippen molar-refractivity contribution < 1.29 is 27.4 Å². The summed E-state index contributed by atoms with van der Waals surface area (Å²) in [5.74, 6) is 0.630. The van der Waals surface area contributed by atoms with Gasteiger partial charge in [-0.05, 0) is 37.8 Å². The quantitative estimate of drug-likeness (QED) is 0.524. The standard InChI is InChI=1S/C22H32F3N5O3/c1-15-17(16(2)26-20-19(15)21(32-4)27-28(20)3)6-7-18(31)30-11-9-29(10-12-30)8-5-13-33-14-22(23,24)25/h5-14H2,1-4H3. The minimum atomic E-state index is -4.28. The maximum atomic E-state index is 12.8. The highest BCUT2D eigenvalue weighted by Gasteiger charge is 2.27. The third kappa shape index (κ3) is 6.35. The maximum Gasteiger partial charge on any atom is 0.411 e. The largest absolute Gasteiger partial charge is 0.479 e. The van der Waals surface area contributed by atoms with Gasteiger partial charge in [0.15, 0.2) is 5.65 Å². The molecule has 0 spiro atoms. The summed E-state index contributed by atoms with van der Waals surface area (Å²) >= 11 is 0. The lowest BCUT2D eigenvalue weighted by Crippen LogP contribution is -2.49. The molecule has 1 amide bonds. The first-order chi connectivity index (χ1) is 15.6. The van der Waals surface area contributed by atoms with Gasteiger partial charge in [-0.25, -0.2) is 9.67 Å². The van der Waals surface area contributed by atoms with E-state index in [4.69, 9.17) is 4.74 Å². The second-order valence-corrected chi connectivity index (χ2v) is 8.38. The smallest absolute Gasteiger partial charge is 0.411 e. The Morgan fingerprint density at radius 1 is 1.15 bits per heavy atom. The number of aryl methyl sites for hydroxylation is 3. The number of halogens is 3.